The molecule has 0 aliphatic heterocycles. The third kappa shape index (κ3) is 2.58. The molecule has 2 rings (SSSR count). The molecule has 1 aliphatic carbocycles. The normalized spacial score (nSPS) is 28.8. The van der Waals surface area contributed by atoms with E-state index in [4.69, 9.17) is 10.5 Å². The lowest BCUT2D eigenvalue weighted by Crippen LogP contribution is -2.75. The van der Waals surface area contributed by atoms with Crippen molar-refractivity contribution in [3.8, 4) is 0 Å². The van der Waals surface area contributed by atoms with Crippen molar-refractivity contribution in [2.75, 3.05) is 6.61 Å². The van der Waals surface area contributed by atoms with E-state index in [1.165, 1.54) is 0 Å². The van der Waals surface area contributed by atoms with Gasteiger partial charge >= 0.3 is 0 Å². The summed E-state index contributed by atoms with van der Waals surface area (Å²) in [6, 6.07) is -0.117. The third-order valence-electron chi connectivity index (χ3n) is 4.81. The van der Waals surface area contributed by atoms with Crippen LogP contribution in [-0.2, 0) is 16.6 Å². The molecule has 21 heavy (non-hydrogen) atoms. The van der Waals surface area contributed by atoms with E-state index in [-0.39, 0.29) is 23.5 Å². The van der Waals surface area contributed by atoms with Gasteiger partial charge in [-0.3, -0.25) is 9.48 Å². The van der Waals surface area contributed by atoms with Gasteiger partial charge in [0.1, 0.15) is 5.54 Å². The van der Waals surface area contributed by atoms with Gasteiger partial charge in [-0.1, -0.05) is 13.8 Å². The number of carbonyl (C=O) groups excluding carboxylic acids is 1. The van der Waals surface area contributed by atoms with Crippen LogP contribution in [0.4, 0.5) is 0 Å². The van der Waals surface area contributed by atoms with E-state index < -0.39 is 5.54 Å². The molecule has 0 saturated heterocycles. The van der Waals surface area contributed by atoms with Crippen molar-refractivity contribution in [3.05, 3.63) is 18.0 Å². The van der Waals surface area contributed by atoms with Gasteiger partial charge < -0.3 is 15.8 Å². The molecule has 0 aromatic carbocycles. The molecule has 1 aromatic heterocycles. The number of rotatable bonds is 5. The van der Waals surface area contributed by atoms with E-state index in [9.17, 15) is 4.79 Å². The molecule has 118 valence electrons. The van der Waals surface area contributed by atoms with Crippen LogP contribution in [0.15, 0.2) is 12.4 Å². The maximum atomic E-state index is 12.6. The smallest absolute Gasteiger partial charge is 0.241 e. The number of ether oxygens (including phenoxy) is 1. The van der Waals surface area contributed by atoms with Crippen LogP contribution >= 0.6 is 0 Å². The molecule has 0 spiro atoms. The number of aromatic nitrogens is 2. The Balaban J connectivity index is 2.04. The second kappa shape index (κ2) is 5.42. The Kier molecular flexibility index (Phi) is 4.13. The number of aryl methyl sites for hydroxylation is 1. The molecule has 1 saturated carbocycles. The number of nitrogens with one attached hydrogen (secondary N) is 1. The average Bonchev–Trinajstić information content (AvgIpc) is 2.84. The van der Waals surface area contributed by atoms with Gasteiger partial charge in [0.2, 0.25) is 5.91 Å². The van der Waals surface area contributed by atoms with Crippen LogP contribution in [0, 0.1) is 5.41 Å². The van der Waals surface area contributed by atoms with E-state index in [2.05, 4.69) is 10.4 Å². The fraction of sp³-hybridized carbons (Fsp3) is 0.733. The van der Waals surface area contributed by atoms with Gasteiger partial charge in [0.15, 0.2) is 0 Å². The van der Waals surface area contributed by atoms with Crippen LogP contribution in [0.2, 0.25) is 0 Å². The van der Waals surface area contributed by atoms with Crippen molar-refractivity contribution in [2.24, 2.45) is 18.2 Å². The fourth-order valence-corrected chi connectivity index (χ4v) is 2.89. The summed E-state index contributed by atoms with van der Waals surface area (Å²) in [5, 5.41) is 7.12. The Hall–Kier alpha value is -1.40. The summed E-state index contributed by atoms with van der Waals surface area (Å²) in [5.41, 5.74) is 6.07. The first-order valence-electron chi connectivity index (χ1n) is 7.42. The first-order chi connectivity index (χ1) is 9.72. The Morgan fingerprint density at radius 3 is 2.81 bits per heavy atom. The molecule has 0 bridgehead atoms. The first-order valence-corrected chi connectivity index (χ1v) is 7.42. The van der Waals surface area contributed by atoms with Gasteiger partial charge in [-0.2, -0.15) is 5.10 Å². The van der Waals surface area contributed by atoms with Crippen molar-refractivity contribution in [1.29, 1.82) is 0 Å². The minimum atomic E-state index is -0.886. The Labute approximate surface area is 126 Å². The number of carbonyl (C=O) groups is 1. The van der Waals surface area contributed by atoms with E-state index >= 15 is 0 Å². The fourth-order valence-electron chi connectivity index (χ4n) is 2.89. The number of nitrogens with two attached hydrogens (primary N) is 1. The molecule has 3 atom stereocenters. The zero-order chi connectivity index (χ0) is 15.8. The Bertz CT molecular complexity index is 525. The largest absolute Gasteiger partial charge is 0.378 e. The highest BCUT2D eigenvalue weighted by Crippen LogP contribution is 2.50. The Morgan fingerprint density at radius 1 is 1.67 bits per heavy atom. The summed E-state index contributed by atoms with van der Waals surface area (Å²) < 4.78 is 7.38. The number of hydrogen-bond acceptors (Lipinski definition) is 4. The molecule has 3 N–H and O–H groups in total. The quantitative estimate of drug-likeness (QED) is 0.853. The van der Waals surface area contributed by atoms with Crippen molar-refractivity contribution in [3.63, 3.8) is 0 Å². The van der Waals surface area contributed by atoms with Crippen LogP contribution < -0.4 is 11.1 Å². The van der Waals surface area contributed by atoms with Crippen LogP contribution in [0.25, 0.3) is 0 Å². The minimum absolute atomic E-state index is 0.0342. The standard InChI is InChI=1S/C15H26N4O2/c1-6-21-12-7-15(16,14(12,3)4)13(20)18-10(2)11-8-17-19(5)9-11/h8-10,12H,6-7,16H2,1-5H3,(H,18,20). The van der Waals surface area contributed by atoms with Crippen molar-refractivity contribution < 1.29 is 9.53 Å². The highest BCUT2D eigenvalue weighted by atomic mass is 16.5. The molecule has 1 heterocycles. The molecular formula is C15H26N4O2. The van der Waals surface area contributed by atoms with Crippen molar-refractivity contribution in [2.45, 2.75) is 51.8 Å². The second-order valence-electron chi connectivity index (χ2n) is 6.48. The monoisotopic (exact) mass is 294 g/mol. The summed E-state index contributed by atoms with van der Waals surface area (Å²) in [6.07, 6.45) is 4.23. The van der Waals surface area contributed by atoms with Crippen LogP contribution in [-0.4, -0.2) is 33.9 Å². The predicted molar refractivity (Wildman–Crippen MR) is 80.5 cm³/mol. The van der Waals surface area contributed by atoms with Crippen molar-refractivity contribution >= 4 is 5.91 Å². The number of hydrogen-bond donors (Lipinski definition) is 2. The summed E-state index contributed by atoms with van der Waals surface area (Å²) >= 11 is 0. The average molecular weight is 294 g/mol. The molecule has 6 nitrogen and oxygen atoms in total. The molecule has 6 heteroatoms. The highest BCUT2D eigenvalue weighted by Gasteiger charge is 2.62. The molecule has 1 amide bonds. The highest BCUT2D eigenvalue weighted by molar-refractivity contribution is 5.89. The number of nitrogens with zero attached hydrogens (tertiary/aromatic N) is 2. The summed E-state index contributed by atoms with van der Waals surface area (Å²) in [6.45, 7) is 8.51. The van der Waals surface area contributed by atoms with Gasteiger partial charge in [0, 0.05) is 37.3 Å². The van der Waals surface area contributed by atoms with E-state index in [1.54, 1.807) is 10.9 Å². The molecule has 0 radical (unpaired) electrons. The molecule has 1 aromatic rings. The van der Waals surface area contributed by atoms with Gasteiger partial charge in [0.05, 0.1) is 18.3 Å². The maximum Gasteiger partial charge on any atom is 0.241 e. The van der Waals surface area contributed by atoms with Gasteiger partial charge in [-0.25, -0.2) is 0 Å². The van der Waals surface area contributed by atoms with Crippen molar-refractivity contribution in [1.82, 2.24) is 15.1 Å². The Morgan fingerprint density at radius 2 is 2.33 bits per heavy atom. The van der Waals surface area contributed by atoms with E-state index in [0.29, 0.717) is 13.0 Å². The zero-order valence-corrected chi connectivity index (χ0v) is 13.5. The van der Waals surface area contributed by atoms with Gasteiger partial charge in [0.25, 0.3) is 0 Å². The number of amides is 1. The van der Waals surface area contributed by atoms with Gasteiger partial charge in [-0.15, -0.1) is 0 Å². The summed E-state index contributed by atoms with van der Waals surface area (Å²) in [5.74, 6) is -0.125. The summed E-state index contributed by atoms with van der Waals surface area (Å²) in [4.78, 5) is 12.6. The molecule has 1 fully saturated rings. The molecule has 1 aliphatic rings. The van der Waals surface area contributed by atoms with Crippen LogP contribution in [0.1, 0.15) is 45.7 Å². The van der Waals surface area contributed by atoms with E-state index in [1.807, 2.05) is 40.9 Å². The van der Waals surface area contributed by atoms with Gasteiger partial charge in [-0.05, 0) is 13.8 Å². The first kappa shape index (κ1) is 16.0. The van der Waals surface area contributed by atoms with Crippen LogP contribution in [0.5, 0.6) is 0 Å². The molecular weight excluding hydrogens is 268 g/mol. The third-order valence-corrected chi connectivity index (χ3v) is 4.81. The topological polar surface area (TPSA) is 82.2 Å². The lowest BCUT2D eigenvalue weighted by molar-refractivity contribution is -0.171. The lowest BCUT2D eigenvalue weighted by atomic mass is 9.54. The minimum Gasteiger partial charge on any atom is -0.378 e. The van der Waals surface area contributed by atoms with Crippen LogP contribution in [0.3, 0.4) is 0 Å². The molecule has 3 unspecified atom stereocenters. The lowest BCUT2D eigenvalue weighted by Gasteiger charge is -2.57. The second-order valence-corrected chi connectivity index (χ2v) is 6.48. The van der Waals surface area contributed by atoms with E-state index in [0.717, 1.165) is 5.56 Å². The zero-order valence-electron chi connectivity index (χ0n) is 13.5. The summed E-state index contributed by atoms with van der Waals surface area (Å²) in [7, 11) is 1.85. The maximum absolute atomic E-state index is 12.6. The predicted octanol–water partition coefficient (Wildman–Crippen LogP) is 1.13. The SMILES string of the molecule is CCOC1CC(N)(C(=O)NC(C)c2cnn(C)c2)C1(C)C.